The van der Waals surface area contributed by atoms with E-state index in [4.69, 9.17) is 16.3 Å². The zero-order valence-corrected chi connectivity index (χ0v) is 12.3. The molecule has 2 rings (SSSR count). The Morgan fingerprint density at radius 2 is 1.90 bits per heavy atom. The van der Waals surface area contributed by atoms with E-state index in [1.54, 1.807) is 36.4 Å². The Labute approximate surface area is 122 Å². The third kappa shape index (κ3) is 4.11. The van der Waals surface area contributed by atoms with E-state index in [0.717, 1.165) is 0 Å². The number of pyridine rings is 1. The fourth-order valence-corrected chi connectivity index (χ4v) is 2.89. The van der Waals surface area contributed by atoms with E-state index < -0.39 is 10.0 Å². The van der Waals surface area contributed by atoms with Crippen molar-refractivity contribution in [2.24, 2.45) is 0 Å². The SMILES string of the molecule is COc1ccc(NS(=O)(=O)Cc2ccc(Cl)cc2)cn1. The van der Waals surface area contributed by atoms with Crippen molar-refractivity contribution in [1.82, 2.24) is 4.98 Å². The molecule has 7 heteroatoms. The predicted molar refractivity (Wildman–Crippen MR) is 78.5 cm³/mol. The zero-order chi connectivity index (χ0) is 14.6. The molecular weight excluding hydrogens is 300 g/mol. The van der Waals surface area contributed by atoms with Crippen molar-refractivity contribution in [3.05, 3.63) is 53.2 Å². The molecule has 0 atom stereocenters. The summed E-state index contributed by atoms with van der Waals surface area (Å²) in [6.45, 7) is 0. The summed E-state index contributed by atoms with van der Waals surface area (Å²) in [5.74, 6) is 0.293. The van der Waals surface area contributed by atoms with E-state index >= 15 is 0 Å². The minimum Gasteiger partial charge on any atom is -0.481 e. The van der Waals surface area contributed by atoms with E-state index in [1.165, 1.54) is 13.3 Å². The largest absolute Gasteiger partial charge is 0.481 e. The average molecular weight is 313 g/mol. The molecule has 20 heavy (non-hydrogen) atoms. The lowest BCUT2D eigenvalue weighted by atomic mass is 10.2. The lowest BCUT2D eigenvalue weighted by Crippen LogP contribution is -2.15. The highest BCUT2D eigenvalue weighted by atomic mass is 35.5. The van der Waals surface area contributed by atoms with Gasteiger partial charge in [0.05, 0.1) is 24.7 Å². The molecule has 0 spiro atoms. The van der Waals surface area contributed by atoms with Crippen LogP contribution in [0, 0.1) is 0 Å². The Balaban J connectivity index is 2.08. The van der Waals surface area contributed by atoms with Crippen LogP contribution in [0.15, 0.2) is 42.6 Å². The van der Waals surface area contributed by atoms with Crippen molar-refractivity contribution in [3.8, 4) is 5.88 Å². The van der Waals surface area contributed by atoms with E-state index in [9.17, 15) is 8.42 Å². The average Bonchev–Trinajstić information content (AvgIpc) is 2.41. The number of anilines is 1. The number of rotatable bonds is 5. The number of aromatic nitrogens is 1. The molecule has 0 fully saturated rings. The molecule has 0 saturated heterocycles. The molecule has 2 aromatic rings. The van der Waals surface area contributed by atoms with Gasteiger partial charge in [0.1, 0.15) is 0 Å². The molecule has 0 radical (unpaired) electrons. The van der Waals surface area contributed by atoms with Crippen LogP contribution in [-0.4, -0.2) is 20.5 Å². The number of nitrogens with zero attached hydrogens (tertiary/aromatic N) is 1. The predicted octanol–water partition coefficient (Wildman–Crippen LogP) is 2.69. The topological polar surface area (TPSA) is 68.3 Å². The van der Waals surface area contributed by atoms with E-state index in [2.05, 4.69) is 9.71 Å². The monoisotopic (exact) mass is 312 g/mol. The van der Waals surface area contributed by atoms with Crippen LogP contribution in [0.5, 0.6) is 5.88 Å². The molecule has 1 heterocycles. The first-order chi connectivity index (χ1) is 9.48. The number of halogens is 1. The Morgan fingerprint density at radius 3 is 2.45 bits per heavy atom. The second kappa shape index (κ2) is 6.11. The first kappa shape index (κ1) is 14.6. The van der Waals surface area contributed by atoms with Gasteiger partial charge in [-0.2, -0.15) is 0 Å². The fourth-order valence-electron chi connectivity index (χ4n) is 1.58. The summed E-state index contributed by atoms with van der Waals surface area (Å²) < 4.78 is 31.4. The van der Waals surface area contributed by atoms with Crippen molar-refractivity contribution in [2.75, 3.05) is 11.8 Å². The maximum Gasteiger partial charge on any atom is 0.236 e. The number of sulfonamides is 1. The number of hydrogen-bond donors (Lipinski definition) is 1. The molecule has 1 aromatic heterocycles. The molecule has 106 valence electrons. The standard InChI is InChI=1S/C13H13ClN2O3S/c1-19-13-7-6-12(8-15-13)16-20(17,18)9-10-2-4-11(14)5-3-10/h2-8,16H,9H2,1H3. The fraction of sp³-hybridized carbons (Fsp3) is 0.154. The highest BCUT2D eigenvalue weighted by Gasteiger charge is 2.12. The normalized spacial score (nSPS) is 11.1. The van der Waals surface area contributed by atoms with Crippen LogP contribution in [0.4, 0.5) is 5.69 Å². The third-order valence-corrected chi connectivity index (χ3v) is 4.00. The van der Waals surface area contributed by atoms with Crippen LogP contribution in [0.3, 0.4) is 0 Å². The molecule has 0 aliphatic rings. The molecule has 0 bridgehead atoms. The van der Waals surface area contributed by atoms with Crippen LogP contribution >= 0.6 is 11.6 Å². The minimum atomic E-state index is -3.49. The second-order valence-electron chi connectivity index (χ2n) is 4.08. The maximum absolute atomic E-state index is 12.0. The molecule has 0 saturated carbocycles. The van der Waals surface area contributed by atoms with Crippen LogP contribution < -0.4 is 9.46 Å². The minimum absolute atomic E-state index is 0.129. The van der Waals surface area contributed by atoms with Crippen molar-refractivity contribution >= 4 is 27.3 Å². The highest BCUT2D eigenvalue weighted by molar-refractivity contribution is 7.91. The van der Waals surface area contributed by atoms with Crippen molar-refractivity contribution in [2.45, 2.75) is 5.75 Å². The second-order valence-corrected chi connectivity index (χ2v) is 6.24. The maximum atomic E-state index is 12.0. The van der Waals surface area contributed by atoms with Crippen LogP contribution in [0.1, 0.15) is 5.56 Å². The van der Waals surface area contributed by atoms with Gasteiger partial charge in [-0.3, -0.25) is 4.72 Å². The molecule has 5 nitrogen and oxygen atoms in total. The Kier molecular flexibility index (Phi) is 4.46. The number of benzene rings is 1. The highest BCUT2D eigenvalue weighted by Crippen LogP contribution is 2.16. The van der Waals surface area contributed by atoms with Gasteiger partial charge in [-0.25, -0.2) is 13.4 Å². The Morgan fingerprint density at radius 1 is 1.20 bits per heavy atom. The third-order valence-electron chi connectivity index (χ3n) is 2.49. The Bertz CT molecular complexity index is 670. The molecular formula is C13H13ClN2O3S. The molecule has 1 aromatic carbocycles. The summed E-state index contributed by atoms with van der Waals surface area (Å²) in [6, 6.07) is 9.83. The number of methoxy groups -OCH3 is 1. The smallest absolute Gasteiger partial charge is 0.236 e. The van der Waals surface area contributed by atoms with Gasteiger partial charge in [-0.15, -0.1) is 0 Å². The molecule has 0 aliphatic heterocycles. The quantitative estimate of drug-likeness (QED) is 0.921. The van der Waals surface area contributed by atoms with Gasteiger partial charge in [0.15, 0.2) is 0 Å². The summed E-state index contributed by atoms with van der Waals surface area (Å²) in [5.41, 5.74) is 1.04. The van der Waals surface area contributed by atoms with Crippen LogP contribution in [-0.2, 0) is 15.8 Å². The van der Waals surface area contributed by atoms with Gasteiger partial charge >= 0.3 is 0 Å². The molecule has 0 aliphatic carbocycles. The summed E-state index contributed by atoms with van der Waals surface area (Å²) in [5, 5.41) is 0.568. The Hall–Kier alpha value is -1.79. The molecule has 1 N–H and O–H groups in total. The first-order valence-electron chi connectivity index (χ1n) is 5.73. The number of nitrogens with one attached hydrogen (secondary N) is 1. The van der Waals surface area contributed by atoms with Crippen molar-refractivity contribution in [1.29, 1.82) is 0 Å². The van der Waals surface area contributed by atoms with Crippen molar-refractivity contribution in [3.63, 3.8) is 0 Å². The molecule has 0 unspecified atom stereocenters. The van der Waals surface area contributed by atoms with Gasteiger partial charge in [0.25, 0.3) is 0 Å². The number of ether oxygens (including phenoxy) is 1. The summed E-state index contributed by atoms with van der Waals surface area (Å²) >= 11 is 5.76. The van der Waals surface area contributed by atoms with Crippen molar-refractivity contribution < 1.29 is 13.2 Å². The summed E-state index contributed by atoms with van der Waals surface area (Å²) in [4.78, 5) is 3.93. The van der Waals surface area contributed by atoms with Crippen LogP contribution in [0.2, 0.25) is 5.02 Å². The molecule has 0 amide bonds. The van der Waals surface area contributed by atoms with Gasteiger partial charge in [0, 0.05) is 11.1 Å². The lowest BCUT2D eigenvalue weighted by molar-refractivity contribution is 0.398. The van der Waals surface area contributed by atoms with Crippen LogP contribution in [0.25, 0.3) is 0 Å². The van der Waals surface area contributed by atoms with E-state index in [1.807, 2.05) is 0 Å². The summed E-state index contributed by atoms with van der Waals surface area (Å²) in [7, 11) is -2.00. The lowest BCUT2D eigenvalue weighted by Gasteiger charge is -2.08. The number of hydrogen-bond acceptors (Lipinski definition) is 4. The summed E-state index contributed by atoms with van der Waals surface area (Å²) in [6.07, 6.45) is 1.40. The van der Waals surface area contributed by atoms with Gasteiger partial charge in [-0.1, -0.05) is 23.7 Å². The van der Waals surface area contributed by atoms with Gasteiger partial charge < -0.3 is 4.74 Å². The zero-order valence-electron chi connectivity index (χ0n) is 10.7. The van der Waals surface area contributed by atoms with Gasteiger partial charge in [-0.05, 0) is 23.8 Å². The first-order valence-corrected chi connectivity index (χ1v) is 7.76. The van der Waals surface area contributed by atoms with E-state index in [-0.39, 0.29) is 5.75 Å². The van der Waals surface area contributed by atoms with Gasteiger partial charge in [0.2, 0.25) is 15.9 Å². The van der Waals surface area contributed by atoms with E-state index in [0.29, 0.717) is 22.2 Å².